The predicted molar refractivity (Wildman–Crippen MR) is 108 cm³/mol. The largest absolute Gasteiger partial charge is 0.507 e. The van der Waals surface area contributed by atoms with Crippen LogP contribution in [0.4, 0.5) is 0 Å². The molecule has 0 unspecified atom stereocenters. The molecule has 0 aliphatic carbocycles. The lowest BCUT2D eigenvalue weighted by molar-refractivity contribution is 0.0697. The van der Waals surface area contributed by atoms with Gasteiger partial charge in [0.1, 0.15) is 5.75 Å². The fraction of sp³-hybridized carbons (Fsp3) is 0.0417. The number of aromatic hydroxyl groups is 1. The zero-order chi connectivity index (χ0) is 19.2. The molecule has 3 heteroatoms. The van der Waals surface area contributed by atoms with E-state index < -0.39 is 5.97 Å². The molecule has 3 nitrogen and oxygen atoms in total. The van der Waals surface area contributed by atoms with Crippen molar-refractivity contribution in [3.8, 4) is 28.7 Å². The van der Waals surface area contributed by atoms with Crippen molar-refractivity contribution in [2.75, 3.05) is 0 Å². The number of carbonyl (C=O) groups is 1. The Morgan fingerprint density at radius 3 is 2.33 bits per heavy atom. The van der Waals surface area contributed by atoms with Crippen LogP contribution >= 0.6 is 0 Å². The second kappa shape index (κ2) is 8.07. The molecule has 2 N–H and O–H groups in total. The van der Waals surface area contributed by atoms with Gasteiger partial charge >= 0.3 is 5.97 Å². The molecule has 0 radical (unpaired) electrons. The summed E-state index contributed by atoms with van der Waals surface area (Å²) in [7, 11) is 0. The molecule has 0 amide bonds. The Balaban J connectivity index is 1.86. The zero-order valence-electron chi connectivity index (χ0n) is 14.8. The fourth-order valence-electron chi connectivity index (χ4n) is 2.66. The number of aromatic carboxylic acids is 1. The van der Waals surface area contributed by atoms with E-state index in [2.05, 4.69) is 11.8 Å². The second-order valence-electron chi connectivity index (χ2n) is 6.09. The quantitative estimate of drug-likeness (QED) is 0.641. The summed E-state index contributed by atoms with van der Waals surface area (Å²) in [6.45, 7) is 2.03. The van der Waals surface area contributed by atoms with Crippen molar-refractivity contribution in [3.63, 3.8) is 0 Å². The molecule has 3 rings (SSSR count). The normalized spacial score (nSPS) is 10.4. The van der Waals surface area contributed by atoms with Crippen molar-refractivity contribution < 1.29 is 15.0 Å². The highest BCUT2D eigenvalue weighted by molar-refractivity contribution is 5.87. The van der Waals surface area contributed by atoms with E-state index in [1.807, 2.05) is 43.3 Å². The van der Waals surface area contributed by atoms with Crippen LogP contribution in [-0.2, 0) is 0 Å². The topological polar surface area (TPSA) is 57.5 Å². The maximum atomic E-state index is 10.9. The molecule has 0 bridgehead atoms. The summed E-state index contributed by atoms with van der Waals surface area (Å²) in [6, 6.07) is 19.9. The number of phenolic OH excluding ortho intramolecular Hbond substituents is 1. The van der Waals surface area contributed by atoms with Crippen LogP contribution in [-0.4, -0.2) is 16.2 Å². The van der Waals surface area contributed by atoms with Gasteiger partial charge in [-0.2, -0.15) is 0 Å². The van der Waals surface area contributed by atoms with Crippen LogP contribution < -0.4 is 0 Å². The first-order valence-electron chi connectivity index (χ1n) is 8.45. The Labute approximate surface area is 158 Å². The molecule has 132 valence electrons. The van der Waals surface area contributed by atoms with Crippen molar-refractivity contribution in [1.29, 1.82) is 0 Å². The number of phenols is 1. The molecule has 0 spiro atoms. The average Bonchev–Trinajstić information content (AvgIpc) is 2.67. The molecule has 0 aliphatic heterocycles. The second-order valence-corrected chi connectivity index (χ2v) is 6.09. The molecule has 27 heavy (non-hydrogen) atoms. The highest BCUT2D eigenvalue weighted by Crippen LogP contribution is 2.31. The summed E-state index contributed by atoms with van der Waals surface area (Å²) in [5, 5.41) is 19.2. The maximum absolute atomic E-state index is 10.9. The van der Waals surface area contributed by atoms with Crippen LogP contribution in [0.2, 0.25) is 0 Å². The summed E-state index contributed by atoms with van der Waals surface area (Å²) in [5.74, 6) is 5.11. The van der Waals surface area contributed by atoms with Gasteiger partial charge in [0.25, 0.3) is 0 Å². The molecule has 0 aliphatic rings. The smallest absolute Gasteiger partial charge is 0.335 e. The Hall–Kier alpha value is -3.77. The van der Waals surface area contributed by atoms with E-state index in [9.17, 15) is 9.90 Å². The number of carboxylic acid groups (broad SMARTS) is 1. The third-order valence-electron chi connectivity index (χ3n) is 4.13. The van der Waals surface area contributed by atoms with E-state index in [0.29, 0.717) is 5.56 Å². The third kappa shape index (κ3) is 4.45. The van der Waals surface area contributed by atoms with Gasteiger partial charge in [-0.1, -0.05) is 53.8 Å². The first-order chi connectivity index (χ1) is 13.0. The highest BCUT2D eigenvalue weighted by atomic mass is 16.4. The predicted octanol–water partition coefficient (Wildman–Crippen LogP) is 5.13. The maximum Gasteiger partial charge on any atom is 0.335 e. The van der Waals surface area contributed by atoms with E-state index in [0.717, 1.165) is 16.7 Å². The van der Waals surface area contributed by atoms with Gasteiger partial charge in [0.15, 0.2) is 0 Å². The van der Waals surface area contributed by atoms with Crippen molar-refractivity contribution >= 4 is 12.0 Å². The first-order valence-corrected chi connectivity index (χ1v) is 8.45. The molecule has 3 aromatic carbocycles. The minimum Gasteiger partial charge on any atom is -0.507 e. The van der Waals surface area contributed by atoms with Crippen molar-refractivity contribution in [2.45, 2.75) is 6.92 Å². The average molecular weight is 354 g/mol. The van der Waals surface area contributed by atoms with E-state index in [1.165, 1.54) is 17.7 Å². The van der Waals surface area contributed by atoms with Crippen molar-refractivity contribution in [2.24, 2.45) is 0 Å². The summed E-state index contributed by atoms with van der Waals surface area (Å²) < 4.78 is 0. The monoisotopic (exact) mass is 354 g/mol. The first kappa shape index (κ1) is 18.0. The van der Waals surface area contributed by atoms with Gasteiger partial charge in [-0.05, 0) is 60.5 Å². The Bertz CT molecular complexity index is 1050. The molecular formula is C24H18O3. The lowest BCUT2D eigenvalue weighted by Crippen LogP contribution is -1.94. The summed E-state index contributed by atoms with van der Waals surface area (Å²) in [6.07, 6.45) is 3.46. The molecule has 0 saturated carbocycles. The molecule has 0 atom stereocenters. The van der Waals surface area contributed by atoms with Gasteiger partial charge in [0.2, 0.25) is 0 Å². The SMILES string of the molecule is Cc1ccc(-c2cccc(O)c2/C=C/C#Cc2ccc(C(=O)O)cc2)cc1. The lowest BCUT2D eigenvalue weighted by atomic mass is 9.98. The Morgan fingerprint density at radius 1 is 0.963 bits per heavy atom. The molecule has 0 heterocycles. The van der Waals surface area contributed by atoms with Crippen LogP contribution in [0, 0.1) is 18.8 Å². The van der Waals surface area contributed by atoms with Crippen LogP contribution in [0.3, 0.4) is 0 Å². The van der Waals surface area contributed by atoms with Crippen LogP contribution in [0.1, 0.15) is 27.0 Å². The minimum atomic E-state index is -0.961. The number of allylic oxidation sites excluding steroid dienone is 1. The molecule has 0 saturated heterocycles. The Kier molecular flexibility index (Phi) is 5.39. The number of rotatable bonds is 3. The van der Waals surface area contributed by atoms with Crippen molar-refractivity contribution in [3.05, 3.63) is 95.1 Å². The number of carboxylic acids is 1. The van der Waals surface area contributed by atoms with Gasteiger partial charge in [0, 0.05) is 11.1 Å². The lowest BCUT2D eigenvalue weighted by Gasteiger charge is -2.08. The number of hydrogen-bond donors (Lipinski definition) is 2. The third-order valence-corrected chi connectivity index (χ3v) is 4.13. The molecule has 3 aromatic rings. The highest BCUT2D eigenvalue weighted by Gasteiger charge is 2.06. The van der Waals surface area contributed by atoms with E-state index >= 15 is 0 Å². The number of aryl methyl sites for hydroxylation is 1. The van der Waals surface area contributed by atoms with Gasteiger partial charge in [-0.15, -0.1) is 0 Å². The fourth-order valence-corrected chi connectivity index (χ4v) is 2.66. The number of hydrogen-bond acceptors (Lipinski definition) is 2. The van der Waals surface area contributed by atoms with E-state index in [1.54, 1.807) is 30.4 Å². The van der Waals surface area contributed by atoms with Crippen LogP contribution in [0.25, 0.3) is 17.2 Å². The zero-order valence-corrected chi connectivity index (χ0v) is 14.8. The molecular weight excluding hydrogens is 336 g/mol. The standard InChI is InChI=1S/C24H18O3/c1-17-9-13-19(14-10-17)21-7-4-8-23(25)22(21)6-3-2-5-18-11-15-20(16-12-18)24(26)27/h3-4,6-16,25H,1H3,(H,26,27)/b6-3+. The summed E-state index contributed by atoms with van der Waals surface area (Å²) >= 11 is 0. The van der Waals surface area contributed by atoms with Gasteiger partial charge in [-0.25, -0.2) is 4.79 Å². The van der Waals surface area contributed by atoms with E-state index in [4.69, 9.17) is 5.11 Å². The van der Waals surface area contributed by atoms with Crippen molar-refractivity contribution in [1.82, 2.24) is 0 Å². The van der Waals surface area contributed by atoms with Crippen LogP contribution in [0.5, 0.6) is 5.75 Å². The van der Waals surface area contributed by atoms with Gasteiger partial charge in [-0.3, -0.25) is 0 Å². The van der Waals surface area contributed by atoms with E-state index in [-0.39, 0.29) is 11.3 Å². The van der Waals surface area contributed by atoms with Gasteiger partial charge < -0.3 is 10.2 Å². The molecule has 0 fully saturated rings. The summed E-state index contributed by atoms with van der Waals surface area (Å²) in [4.78, 5) is 10.9. The minimum absolute atomic E-state index is 0.192. The molecule has 0 aromatic heterocycles. The Morgan fingerprint density at radius 2 is 1.67 bits per heavy atom. The van der Waals surface area contributed by atoms with Gasteiger partial charge in [0.05, 0.1) is 5.56 Å². The summed E-state index contributed by atoms with van der Waals surface area (Å²) in [5.41, 5.74) is 4.79. The number of benzene rings is 3. The van der Waals surface area contributed by atoms with Crippen LogP contribution in [0.15, 0.2) is 72.8 Å².